The number of hydrogen-bond acceptors (Lipinski definition) is 3. The SMILES string of the molecule is Cc1ccc(N2C(=O)/C(=C\c3ccc(C(F)(F)F)cc3)SC2=S)cc1. The summed E-state index contributed by atoms with van der Waals surface area (Å²) in [5, 5.41) is 0. The summed E-state index contributed by atoms with van der Waals surface area (Å²) >= 11 is 6.41. The van der Waals surface area contributed by atoms with Crippen LogP contribution in [0.3, 0.4) is 0 Å². The van der Waals surface area contributed by atoms with Crippen molar-refractivity contribution in [3.63, 3.8) is 0 Å². The molecule has 0 spiro atoms. The molecule has 1 fully saturated rings. The van der Waals surface area contributed by atoms with Gasteiger partial charge in [0.1, 0.15) is 0 Å². The third-order valence-corrected chi connectivity index (χ3v) is 4.92. The van der Waals surface area contributed by atoms with Gasteiger partial charge < -0.3 is 0 Å². The molecule has 0 unspecified atom stereocenters. The molecule has 1 amide bonds. The Morgan fingerprint density at radius 2 is 1.64 bits per heavy atom. The van der Waals surface area contributed by atoms with E-state index in [0.29, 0.717) is 20.5 Å². The quantitative estimate of drug-likeness (QED) is 0.513. The standard InChI is InChI=1S/C18H12F3NOS2/c1-11-2-8-14(9-3-11)22-16(23)15(25-17(22)24)10-12-4-6-13(7-5-12)18(19,20)21/h2-10H,1H3/b15-10+. The second kappa shape index (κ2) is 6.65. The summed E-state index contributed by atoms with van der Waals surface area (Å²) < 4.78 is 38.2. The molecule has 3 rings (SSSR count). The van der Waals surface area contributed by atoms with E-state index in [1.807, 2.05) is 19.1 Å². The number of thiocarbonyl (C=S) groups is 1. The zero-order valence-corrected chi connectivity index (χ0v) is 14.6. The van der Waals surface area contributed by atoms with Gasteiger partial charge in [-0.05, 0) is 42.8 Å². The molecular formula is C18H12F3NOS2. The Hall–Kier alpha value is -2.12. The molecule has 1 heterocycles. The molecule has 7 heteroatoms. The molecule has 0 radical (unpaired) electrons. The number of halogens is 3. The average molecular weight is 379 g/mol. The minimum Gasteiger partial charge on any atom is -0.268 e. The number of anilines is 1. The summed E-state index contributed by atoms with van der Waals surface area (Å²) in [5.41, 5.74) is 1.52. The second-order valence-electron chi connectivity index (χ2n) is 5.47. The van der Waals surface area contributed by atoms with E-state index in [-0.39, 0.29) is 5.91 Å². The number of benzene rings is 2. The molecular weight excluding hydrogens is 367 g/mol. The summed E-state index contributed by atoms with van der Waals surface area (Å²) in [6.45, 7) is 1.94. The van der Waals surface area contributed by atoms with Gasteiger partial charge in [-0.25, -0.2) is 0 Å². The van der Waals surface area contributed by atoms with Crippen molar-refractivity contribution >= 4 is 46.0 Å². The number of aryl methyl sites for hydroxylation is 1. The smallest absolute Gasteiger partial charge is 0.268 e. The molecule has 1 aliphatic heterocycles. The number of nitrogens with zero attached hydrogens (tertiary/aromatic N) is 1. The van der Waals surface area contributed by atoms with Crippen LogP contribution in [0.2, 0.25) is 0 Å². The lowest BCUT2D eigenvalue weighted by Crippen LogP contribution is -2.27. The third kappa shape index (κ3) is 3.77. The van der Waals surface area contributed by atoms with Gasteiger partial charge in [0, 0.05) is 0 Å². The predicted octanol–water partition coefficient (Wildman–Crippen LogP) is 5.42. The van der Waals surface area contributed by atoms with Crippen molar-refractivity contribution in [2.24, 2.45) is 0 Å². The molecule has 1 aliphatic rings. The van der Waals surface area contributed by atoms with Crippen LogP contribution >= 0.6 is 24.0 Å². The molecule has 0 saturated carbocycles. The van der Waals surface area contributed by atoms with Crippen LogP contribution in [0.4, 0.5) is 18.9 Å². The number of alkyl halides is 3. The second-order valence-corrected chi connectivity index (χ2v) is 7.15. The average Bonchev–Trinajstić information content (AvgIpc) is 2.82. The van der Waals surface area contributed by atoms with Crippen LogP contribution in [0, 0.1) is 6.92 Å². The van der Waals surface area contributed by atoms with E-state index in [2.05, 4.69) is 0 Å². The van der Waals surface area contributed by atoms with Crippen LogP contribution in [0.5, 0.6) is 0 Å². The van der Waals surface area contributed by atoms with Crippen LogP contribution in [0.1, 0.15) is 16.7 Å². The van der Waals surface area contributed by atoms with Crippen molar-refractivity contribution in [3.8, 4) is 0 Å². The van der Waals surface area contributed by atoms with Gasteiger partial charge >= 0.3 is 6.18 Å². The summed E-state index contributed by atoms with van der Waals surface area (Å²) in [6, 6.07) is 12.0. The number of carbonyl (C=O) groups excluding carboxylic acids is 1. The zero-order valence-electron chi connectivity index (χ0n) is 13.0. The fraction of sp³-hybridized carbons (Fsp3) is 0.111. The van der Waals surface area contributed by atoms with Gasteiger partial charge in [-0.2, -0.15) is 13.2 Å². The normalized spacial score (nSPS) is 16.8. The molecule has 25 heavy (non-hydrogen) atoms. The fourth-order valence-electron chi connectivity index (χ4n) is 2.30. The molecule has 1 saturated heterocycles. The summed E-state index contributed by atoms with van der Waals surface area (Å²) in [6.07, 6.45) is -2.83. The fourth-order valence-corrected chi connectivity index (χ4v) is 3.60. The van der Waals surface area contributed by atoms with Crippen LogP contribution in [-0.2, 0) is 11.0 Å². The highest BCUT2D eigenvalue weighted by Crippen LogP contribution is 2.36. The van der Waals surface area contributed by atoms with Crippen LogP contribution in [0.15, 0.2) is 53.4 Å². The zero-order chi connectivity index (χ0) is 18.2. The van der Waals surface area contributed by atoms with Crippen molar-refractivity contribution in [1.29, 1.82) is 0 Å². The Morgan fingerprint density at radius 1 is 1.04 bits per heavy atom. The van der Waals surface area contributed by atoms with Crippen molar-refractivity contribution in [2.75, 3.05) is 4.90 Å². The van der Waals surface area contributed by atoms with Gasteiger partial charge in [0.25, 0.3) is 5.91 Å². The number of carbonyl (C=O) groups is 1. The minimum absolute atomic E-state index is 0.279. The van der Waals surface area contributed by atoms with Crippen molar-refractivity contribution < 1.29 is 18.0 Å². The van der Waals surface area contributed by atoms with Gasteiger partial charge in [0.15, 0.2) is 4.32 Å². The van der Waals surface area contributed by atoms with Gasteiger partial charge in [0.2, 0.25) is 0 Å². The van der Waals surface area contributed by atoms with Crippen molar-refractivity contribution in [1.82, 2.24) is 0 Å². The monoisotopic (exact) mass is 379 g/mol. The first-order valence-corrected chi connectivity index (χ1v) is 8.50. The minimum atomic E-state index is -4.38. The summed E-state index contributed by atoms with van der Waals surface area (Å²) in [7, 11) is 0. The lowest BCUT2D eigenvalue weighted by atomic mass is 10.1. The van der Waals surface area contributed by atoms with Crippen molar-refractivity contribution in [3.05, 3.63) is 70.1 Å². The Bertz CT molecular complexity index is 855. The van der Waals surface area contributed by atoms with Crippen LogP contribution < -0.4 is 4.90 Å². The maximum absolute atomic E-state index is 12.6. The summed E-state index contributed by atoms with van der Waals surface area (Å²) in [4.78, 5) is 14.4. The molecule has 0 atom stereocenters. The van der Waals surface area contributed by atoms with E-state index in [9.17, 15) is 18.0 Å². The Balaban J connectivity index is 1.86. The molecule has 0 bridgehead atoms. The van der Waals surface area contributed by atoms with Gasteiger partial charge in [0.05, 0.1) is 16.2 Å². The molecule has 0 N–H and O–H groups in total. The van der Waals surface area contributed by atoms with Crippen LogP contribution in [0.25, 0.3) is 6.08 Å². The van der Waals surface area contributed by atoms with E-state index in [1.165, 1.54) is 17.0 Å². The molecule has 0 aliphatic carbocycles. The third-order valence-electron chi connectivity index (χ3n) is 3.62. The van der Waals surface area contributed by atoms with E-state index < -0.39 is 11.7 Å². The molecule has 128 valence electrons. The van der Waals surface area contributed by atoms with Gasteiger partial charge in [-0.3, -0.25) is 9.69 Å². The first kappa shape index (κ1) is 17.7. The molecule has 2 aromatic rings. The van der Waals surface area contributed by atoms with Gasteiger partial charge in [-0.1, -0.05) is 53.8 Å². The Labute approximate surface area is 152 Å². The number of hydrogen-bond donors (Lipinski definition) is 0. The molecule has 0 aromatic heterocycles. The van der Waals surface area contributed by atoms with Crippen LogP contribution in [-0.4, -0.2) is 10.2 Å². The lowest BCUT2D eigenvalue weighted by Gasteiger charge is -2.14. The highest BCUT2D eigenvalue weighted by atomic mass is 32.2. The lowest BCUT2D eigenvalue weighted by molar-refractivity contribution is -0.137. The van der Waals surface area contributed by atoms with E-state index in [0.717, 1.165) is 29.5 Å². The topological polar surface area (TPSA) is 20.3 Å². The largest absolute Gasteiger partial charge is 0.416 e. The van der Waals surface area contributed by atoms with E-state index >= 15 is 0 Å². The highest BCUT2D eigenvalue weighted by molar-refractivity contribution is 8.27. The first-order chi connectivity index (χ1) is 11.8. The van der Waals surface area contributed by atoms with E-state index in [4.69, 9.17) is 12.2 Å². The maximum atomic E-state index is 12.6. The summed E-state index contributed by atoms with van der Waals surface area (Å²) in [5.74, 6) is -0.279. The maximum Gasteiger partial charge on any atom is 0.416 e. The highest BCUT2D eigenvalue weighted by Gasteiger charge is 2.33. The predicted molar refractivity (Wildman–Crippen MR) is 98.3 cm³/mol. The van der Waals surface area contributed by atoms with Gasteiger partial charge in [-0.15, -0.1) is 0 Å². The first-order valence-electron chi connectivity index (χ1n) is 7.27. The molecule has 2 aromatic carbocycles. The molecule has 2 nitrogen and oxygen atoms in total. The number of rotatable bonds is 2. The van der Waals surface area contributed by atoms with Crippen molar-refractivity contribution in [2.45, 2.75) is 13.1 Å². The van der Waals surface area contributed by atoms with E-state index in [1.54, 1.807) is 18.2 Å². The number of amides is 1. The number of thioether (sulfide) groups is 1. The Kier molecular flexibility index (Phi) is 4.71. The Morgan fingerprint density at radius 3 is 2.20 bits per heavy atom.